The Labute approximate surface area is 119 Å². The first-order chi connectivity index (χ1) is 7.88. The van der Waals surface area contributed by atoms with E-state index in [0.29, 0.717) is 11.6 Å². The lowest BCUT2D eigenvalue weighted by Crippen LogP contribution is -2.42. The van der Waals surface area contributed by atoms with Crippen LogP contribution in [0, 0.1) is 5.41 Å². The fourth-order valence-electron chi connectivity index (χ4n) is 1.39. The van der Waals surface area contributed by atoms with Gasteiger partial charge >= 0.3 is 0 Å². The average Bonchev–Trinajstić information content (AvgIpc) is 2.29. The topological polar surface area (TPSA) is 55.1 Å². The Bertz CT molecular complexity index is 408. The Hall–Kier alpha value is -0.770. The summed E-state index contributed by atoms with van der Waals surface area (Å²) in [6, 6.07) is 7.36. The molecule has 18 heavy (non-hydrogen) atoms. The number of carbonyl (C=O) groups excluding carboxylic acids is 1. The second-order valence-electron chi connectivity index (χ2n) is 4.80. The van der Waals surface area contributed by atoms with Gasteiger partial charge in [0.15, 0.2) is 0 Å². The molecule has 1 atom stereocenters. The molecule has 0 aliphatic heterocycles. The molecule has 0 saturated carbocycles. The molecule has 0 radical (unpaired) electrons. The first-order valence-electron chi connectivity index (χ1n) is 5.64. The van der Waals surface area contributed by atoms with E-state index in [1.165, 1.54) is 0 Å². The van der Waals surface area contributed by atoms with Crippen LogP contribution >= 0.6 is 24.0 Å². The minimum absolute atomic E-state index is 0. The third kappa shape index (κ3) is 4.16. The number of nitrogens with one attached hydrogen (secondary N) is 1. The smallest absolute Gasteiger partial charge is 0.227 e. The zero-order valence-electron chi connectivity index (χ0n) is 10.9. The number of hydrogen-bond donors (Lipinski definition) is 2. The quantitative estimate of drug-likeness (QED) is 0.896. The fourth-order valence-corrected chi connectivity index (χ4v) is 1.69. The van der Waals surface area contributed by atoms with E-state index in [2.05, 4.69) is 5.32 Å². The first-order valence-corrected chi connectivity index (χ1v) is 6.01. The summed E-state index contributed by atoms with van der Waals surface area (Å²) in [5, 5.41) is 3.58. The van der Waals surface area contributed by atoms with Crippen LogP contribution in [0.3, 0.4) is 0 Å². The van der Waals surface area contributed by atoms with Crippen LogP contribution in [0.25, 0.3) is 0 Å². The SMILES string of the molecule is CC(NC(=O)C(C)(C)CN)c1ccccc1Cl.Cl. The second kappa shape index (κ2) is 6.98. The van der Waals surface area contributed by atoms with Gasteiger partial charge in [-0.3, -0.25) is 4.79 Å². The van der Waals surface area contributed by atoms with Gasteiger partial charge < -0.3 is 11.1 Å². The molecule has 0 bridgehead atoms. The summed E-state index contributed by atoms with van der Waals surface area (Å²) in [5.41, 5.74) is 5.92. The molecule has 3 N–H and O–H groups in total. The predicted octanol–water partition coefficient (Wildman–Crippen LogP) is 2.92. The van der Waals surface area contributed by atoms with Gasteiger partial charge in [-0.2, -0.15) is 0 Å². The van der Waals surface area contributed by atoms with E-state index in [1.54, 1.807) is 0 Å². The van der Waals surface area contributed by atoms with E-state index < -0.39 is 5.41 Å². The third-order valence-electron chi connectivity index (χ3n) is 2.84. The van der Waals surface area contributed by atoms with E-state index in [-0.39, 0.29) is 24.4 Å². The molecule has 1 amide bonds. The highest BCUT2D eigenvalue weighted by atomic mass is 35.5. The van der Waals surface area contributed by atoms with Crippen molar-refractivity contribution in [3.8, 4) is 0 Å². The molecule has 0 spiro atoms. The van der Waals surface area contributed by atoms with Crippen LogP contribution < -0.4 is 11.1 Å². The Balaban J connectivity index is 0.00000289. The fraction of sp³-hybridized carbons (Fsp3) is 0.462. The lowest BCUT2D eigenvalue weighted by molar-refractivity contribution is -0.129. The molecular formula is C13H20Cl2N2O. The van der Waals surface area contributed by atoms with Gasteiger partial charge in [0.25, 0.3) is 0 Å². The Morgan fingerprint density at radius 3 is 2.50 bits per heavy atom. The maximum absolute atomic E-state index is 12.0. The highest BCUT2D eigenvalue weighted by Gasteiger charge is 2.27. The monoisotopic (exact) mass is 290 g/mol. The summed E-state index contributed by atoms with van der Waals surface area (Å²) >= 11 is 6.07. The standard InChI is InChI=1S/C13H19ClN2O.ClH/c1-9(10-6-4-5-7-11(10)14)16-12(17)13(2,3)8-15;/h4-7,9H,8,15H2,1-3H3,(H,16,17);1H. The summed E-state index contributed by atoms with van der Waals surface area (Å²) in [4.78, 5) is 12.0. The van der Waals surface area contributed by atoms with E-state index in [4.69, 9.17) is 17.3 Å². The van der Waals surface area contributed by atoms with Crippen molar-refractivity contribution < 1.29 is 4.79 Å². The normalized spacial score (nSPS) is 12.5. The summed E-state index contributed by atoms with van der Waals surface area (Å²) in [6.07, 6.45) is 0. The number of nitrogens with two attached hydrogens (primary N) is 1. The average molecular weight is 291 g/mol. The van der Waals surface area contributed by atoms with Crippen molar-refractivity contribution >= 4 is 29.9 Å². The Kier molecular flexibility index (Phi) is 6.68. The molecule has 0 aliphatic carbocycles. The summed E-state index contributed by atoms with van der Waals surface area (Å²) in [6.45, 7) is 5.86. The molecular weight excluding hydrogens is 271 g/mol. The largest absolute Gasteiger partial charge is 0.349 e. The molecule has 1 rings (SSSR count). The molecule has 0 fully saturated rings. The van der Waals surface area contributed by atoms with Crippen LogP contribution in [0.4, 0.5) is 0 Å². The molecule has 0 aliphatic rings. The number of rotatable bonds is 4. The van der Waals surface area contributed by atoms with Crippen LogP contribution in [-0.2, 0) is 4.79 Å². The summed E-state index contributed by atoms with van der Waals surface area (Å²) in [7, 11) is 0. The number of halogens is 2. The van der Waals surface area contributed by atoms with Crippen molar-refractivity contribution in [2.24, 2.45) is 11.1 Å². The zero-order chi connectivity index (χ0) is 13.1. The number of carbonyl (C=O) groups is 1. The van der Waals surface area contributed by atoms with Crippen molar-refractivity contribution in [3.63, 3.8) is 0 Å². The van der Waals surface area contributed by atoms with Crippen molar-refractivity contribution in [1.29, 1.82) is 0 Å². The van der Waals surface area contributed by atoms with Crippen LogP contribution in [-0.4, -0.2) is 12.5 Å². The second-order valence-corrected chi connectivity index (χ2v) is 5.21. The first kappa shape index (κ1) is 17.2. The minimum Gasteiger partial charge on any atom is -0.349 e. The lowest BCUT2D eigenvalue weighted by atomic mass is 9.92. The van der Waals surface area contributed by atoms with Crippen molar-refractivity contribution in [2.45, 2.75) is 26.8 Å². The van der Waals surface area contributed by atoms with Gasteiger partial charge in [-0.15, -0.1) is 12.4 Å². The van der Waals surface area contributed by atoms with Gasteiger partial charge in [-0.1, -0.05) is 29.8 Å². The van der Waals surface area contributed by atoms with Gasteiger partial charge in [0.2, 0.25) is 5.91 Å². The van der Waals surface area contributed by atoms with Crippen molar-refractivity contribution in [3.05, 3.63) is 34.9 Å². The lowest BCUT2D eigenvalue weighted by Gasteiger charge is -2.24. The molecule has 1 aromatic rings. The van der Waals surface area contributed by atoms with Crippen LogP contribution in [0.5, 0.6) is 0 Å². The Morgan fingerprint density at radius 2 is 2.00 bits per heavy atom. The predicted molar refractivity (Wildman–Crippen MR) is 78.1 cm³/mol. The molecule has 5 heteroatoms. The number of hydrogen-bond acceptors (Lipinski definition) is 2. The molecule has 0 heterocycles. The van der Waals surface area contributed by atoms with Gasteiger partial charge in [0.1, 0.15) is 0 Å². The summed E-state index contributed by atoms with van der Waals surface area (Å²) < 4.78 is 0. The number of benzene rings is 1. The van der Waals surface area contributed by atoms with Crippen molar-refractivity contribution in [2.75, 3.05) is 6.54 Å². The van der Waals surface area contributed by atoms with E-state index >= 15 is 0 Å². The van der Waals surface area contributed by atoms with Gasteiger partial charge in [0.05, 0.1) is 11.5 Å². The molecule has 0 saturated heterocycles. The van der Waals surface area contributed by atoms with E-state index in [9.17, 15) is 4.79 Å². The van der Waals surface area contributed by atoms with E-state index in [1.807, 2.05) is 45.0 Å². The summed E-state index contributed by atoms with van der Waals surface area (Å²) in [5.74, 6) is -0.0626. The van der Waals surface area contributed by atoms with Crippen LogP contribution in [0.15, 0.2) is 24.3 Å². The van der Waals surface area contributed by atoms with Crippen LogP contribution in [0.1, 0.15) is 32.4 Å². The van der Waals surface area contributed by atoms with Gasteiger partial charge in [-0.05, 0) is 32.4 Å². The maximum atomic E-state index is 12.0. The molecule has 102 valence electrons. The third-order valence-corrected chi connectivity index (χ3v) is 3.19. The molecule has 3 nitrogen and oxygen atoms in total. The molecule has 1 aromatic carbocycles. The highest BCUT2D eigenvalue weighted by Crippen LogP contribution is 2.23. The number of amides is 1. The molecule has 1 unspecified atom stereocenters. The van der Waals surface area contributed by atoms with Gasteiger partial charge in [-0.25, -0.2) is 0 Å². The zero-order valence-corrected chi connectivity index (χ0v) is 12.4. The maximum Gasteiger partial charge on any atom is 0.227 e. The van der Waals surface area contributed by atoms with Crippen molar-refractivity contribution in [1.82, 2.24) is 5.32 Å². The minimum atomic E-state index is -0.560. The Morgan fingerprint density at radius 1 is 1.44 bits per heavy atom. The molecule has 0 aromatic heterocycles. The van der Waals surface area contributed by atoms with E-state index in [0.717, 1.165) is 5.56 Å². The van der Waals surface area contributed by atoms with Crippen LogP contribution in [0.2, 0.25) is 5.02 Å². The van der Waals surface area contributed by atoms with Gasteiger partial charge in [0, 0.05) is 11.6 Å². The highest BCUT2D eigenvalue weighted by molar-refractivity contribution is 6.31.